The molecule has 1 amide bonds. The summed E-state index contributed by atoms with van der Waals surface area (Å²) >= 11 is 11.9. The van der Waals surface area contributed by atoms with Crippen LogP contribution in [0.3, 0.4) is 0 Å². The molecule has 0 spiro atoms. The molecule has 2 aromatic carbocycles. The summed E-state index contributed by atoms with van der Waals surface area (Å²) in [5.41, 5.74) is 0.314. The van der Waals surface area contributed by atoms with Crippen LogP contribution < -0.4 is 5.32 Å². The molecule has 156 valence electrons. The average Bonchev–Trinajstić information content (AvgIpc) is 2.70. The van der Waals surface area contributed by atoms with Crippen LogP contribution in [0.25, 0.3) is 0 Å². The van der Waals surface area contributed by atoms with Gasteiger partial charge in [0.15, 0.2) is 0 Å². The smallest absolute Gasteiger partial charge is 0.252 e. The second-order valence-electron chi connectivity index (χ2n) is 6.58. The number of carbonyl (C=O) groups excluding carboxylic acids is 1. The van der Waals surface area contributed by atoms with E-state index in [4.69, 9.17) is 23.2 Å². The molecule has 29 heavy (non-hydrogen) atoms. The lowest BCUT2D eigenvalue weighted by Crippen LogP contribution is -2.50. The van der Waals surface area contributed by atoms with Crippen LogP contribution in [0.15, 0.2) is 47.4 Å². The van der Waals surface area contributed by atoms with Crippen molar-refractivity contribution in [3.8, 4) is 0 Å². The van der Waals surface area contributed by atoms with Gasteiger partial charge in [-0.2, -0.15) is 4.31 Å². The molecule has 0 aromatic heterocycles. The van der Waals surface area contributed by atoms with Gasteiger partial charge in [0.1, 0.15) is 5.82 Å². The van der Waals surface area contributed by atoms with E-state index in [1.54, 1.807) is 12.1 Å². The summed E-state index contributed by atoms with van der Waals surface area (Å²) in [6.07, 6.45) is 0. The van der Waals surface area contributed by atoms with Crippen LogP contribution in [0, 0.1) is 5.82 Å². The Morgan fingerprint density at radius 3 is 2.34 bits per heavy atom. The highest BCUT2D eigenvalue weighted by molar-refractivity contribution is 7.89. The standard InChI is InChI=1S/C19H20Cl2FN3O3S/c20-14-1-6-18(21)17(13-14)19(26)23-7-8-24-9-11-25(12-10-24)29(27,28)16-4-2-15(22)3-5-16/h1-6,13H,7-12H2,(H,23,26). The van der Waals surface area contributed by atoms with Crippen molar-refractivity contribution in [2.75, 3.05) is 39.3 Å². The number of halogens is 3. The molecule has 1 fully saturated rings. The lowest BCUT2D eigenvalue weighted by Gasteiger charge is -2.33. The van der Waals surface area contributed by atoms with E-state index in [9.17, 15) is 17.6 Å². The normalized spacial score (nSPS) is 16.0. The second-order valence-corrected chi connectivity index (χ2v) is 9.36. The van der Waals surface area contributed by atoms with Gasteiger partial charge in [0.2, 0.25) is 10.0 Å². The van der Waals surface area contributed by atoms with Crippen molar-refractivity contribution in [3.05, 3.63) is 63.9 Å². The third-order valence-corrected chi connectivity index (χ3v) is 7.15. The number of amides is 1. The third kappa shape index (κ3) is 5.46. The van der Waals surface area contributed by atoms with Crippen LogP contribution in [0.1, 0.15) is 10.4 Å². The van der Waals surface area contributed by atoms with Gasteiger partial charge >= 0.3 is 0 Å². The van der Waals surface area contributed by atoms with Gasteiger partial charge in [0.05, 0.1) is 15.5 Å². The summed E-state index contributed by atoms with van der Waals surface area (Å²) in [6.45, 7) is 2.70. The first kappa shape index (κ1) is 22.0. The highest BCUT2D eigenvalue weighted by Crippen LogP contribution is 2.20. The number of nitrogens with one attached hydrogen (secondary N) is 1. The Labute approximate surface area is 179 Å². The Morgan fingerprint density at radius 1 is 1.03 bits per heavy atom. The van der Waals surface area contributed by atoms with Crippen molar-refractivity contribution in [1.29, 1.82) is 0 Å². The van der Waals surface area contributed by atoms with Gasteiger partial charge in [0.25, 0.3) is 5.91 Å². The predicted octanol–water partition coefficient (Wildman–Crippen LogP) is 2.87. The van der Waals surface area contributed by atoms with Gasteiger partial charge in [-0.05, 0) is 42.5 Å². The molecule has 1 heterocycles. The Morgan fingerprint density at radius 2 is 1.69 bits per heavy atom. The zero-order valence-corrected chi connectivity index (χ0v) is 17.8. The molecule has 6 nitrogen and oxygen atoms in total. The molecule has 0 saturated carbocycles. The summed E-state index contributed by atoms with van der Waals surface area (Å²) in [6, 6.07) is 9.51. The first-order valence-electron chi connectivity index (χ1n) is 8.99. The molecule has 0 bridgehead atoms. The van der Waals surface area contributed by atoms with Gasteiger partial charge in [-0.1, -0.05) is 23.2 Å². The van der Waals surface area contributed by atoms with Crippen LogP contribution in [-0.4, -0.2) is 62.8 Å². The number of nitrogens with zero attached hydrogens (tertiary/aromatic N) is 2. The van der Waals surface area contributed by atoms with Gasteiger partial charge < -0.3 is 5.32 Å². The molecular weight excluding hydrogens is 440 g/mol. The van der Waals surface area contributed by atoms with E-state index in [1.165, 1.54) is 22.5 Å². The van der Waals surface area contributed by atoms with Crippen molar-refractivity contribution < 1.29 is 17.6 Å². The summed E-state index contributed by atoms with van der Waals surface area (Å²) in [4.78, 5) is 14.4. The van der Waals surface area contributed by atoms with Crippen LogP contribution in [-0.2, 0) is 10.0 Å². The van der Waals surface area contributed by atoms with E-state index in [0.717, 1.165) is 12.1 Å². The van der Waals surface area contributed by atoms with E-state index in [0.29, 0.717) is 54.9 Å². The first-order chi connectivity index (χ1) is 13.8. The Kier molecular flexibility index (Phi) is 7.13. The zero-order chi connectivity index (χ0) is 21.0. The second kappa shape index (κ2) is 9.40. The van der Waals surface area contributed by atoms with Gasteiger partial charge in [-0.15, -0.1) is 0 Å². The number of benzene rings is 2. The van der Waals surface area contributed by atoms with Crippen molar-refractivity contribution in [2.45, 2.75) is 4.90 Å². The summed E-state index contributed by atoms with van der Waals surface area (Å²) in [5.74, 6) is -0.787. The predicted molar refractivity (Wildman–Crippen MR) is 110 cm³/mol. The summed E-state index contributed by atoms with van der Waals surface area (Å²) < 4.78 is 39.7. The number of sulfonamides is 1. The SMILES string of the molecule is O=C(NCCN1CCN(S(=O)(=O)c2ccc(F)cc2)CC1)c1cc(Cl)ccc1Cl. The maximum absolute atomic E-state index is 13.0. The van der Waals surface area contributed by atoms with Gasteiger partial charge in [0, 0.05) is 44.3 Å². The molecule has 10 heteroatoms. The fraction of sp³-hybridized carbons (Fsp3) is 0.316. The van der Waals surface area contributed by atoms with Crippen molar-refractivity contribution in [3.63, 3.8) is 0 Å². The number of piperazine rings is 1. The quantitative estimate of drug-likeness (QED) is 0.720. The molecule has 0 aliphatic carbocycles. The van der Waals surface area contributed by atoms with E-state index >= 15 is 0 Å². The van der Waals surface area contributed by atoms with Crippen molar-refractivity contribution >= 4 is 39.1 Å². The lowest BCUT2D eigenvalue weighted by molar-refractivity contribution is 0.0945. The lowest BCUT2D eigenvalue weighted by atomic mass is 10.2. The number of hydrogen-bond acceptors (Lipinski definition) is 4. The number of carbonyl (C=O) groups is 1. The highest BCUT2D eigenvalue weighted by Gasteiger charge is 2.28. The molecule has 1 aliphatic rings. The van der Waals surface area contributed by atoms with Gasteiger partial charge in [-0.25, -0.2) is 12.8 Å². The monoisotopic (exact) mass is 459 g/mol. The molecule has 0 radical (unpaired) electrons. The van der Waals surface area contributed by atoms with Gasteiger partial charge in [-0.3, -0.25) is 9.69 Å². The van der Waals surface area contributed by atoms with Crippen LogP contribution in [0.5, 0.6) is 0 Å². The molecule has 1 saturated heterocycles. The molecular formula is C19H20Cl2FN3O3S. The highest BCUT2D eigenvalue weighted by atomic mass is 35.5. The van der Waals surface area contributed by atoms with Crippen LogP contribution in [0.2, 0.25) is 10.0 Å². The molecule has 1 aliphatic heterocycles. The van der Waals surface area contributed by atoms with Crippen LogP contribution in [0.4, 0.5) is 4.39 Å². The molecule has 1 N–H and O–H groups in total. The number of rotatable bonds is 6. The van der Waals surface area contributed by atoms with Crippen molar-refractivity contribution in [1.82, 2.24) is 14.5 Å². The fourth-order valence-corrected chi connectivity index (χ4v) is 4.84. The Bertz CT molecular complexity index is 979. The minimum atomic E-state index is -3.64. The number of hydrogen-bond donors (Lipinski definition) is 1. The minimum Gasteiger partial charge on any atom is -0.351 e. The molecule has 3 rings (SSSR count). The van der Waals surface area contributed by atoms with Crippen LogP contribution >= 0.6 is 23.2 Å². The largest absolute Gasteiger partial charge is 0.351 e. The topological polar surface area (TPSA) is 69.7 Å². The first-order valence-corrected chi connectivity index (χ1v) is 11.2. The average molecular weight is 460 g/mol. The fourth-order valence-electron chi connectivity index (χ4n) is 3.04. The van der Waals surface area contributed by atoms with E-state index < -0.39 is 15.8 Å². The molecule has 2 aromatic rings. The van der Waals surface area contributed by atoms with E-state index in [2.05, 4.69) is 10.2 Å². The third-order valence-electron chi connectivity index (χ3n) is 4.67. The van der Waals surface area contributed by atoms with E-state index in [1.807, 2.05) is 0 Å². The Balaban J connectivity index is 1.48. The minimum absolute atomic E-state index is 0.0815. The maximum Gasteiger partial charge on any atom is 0.252 e. The summed E-state index contributed by atoms with van der Waals surface area (Å²) in [5, 5.41) is 3.55. The summed E-state index contributed by atoms with van der Waals surface area (Å²) in [7, 11) is -3.64. The molecule has 0 atom stereocenters. The molecule has 0 unspecified atom stereocenters. The Hall–Kier alpha value is -1.71. The maximum atomic E-state index is 13.0. The zero-order valence-electron chi connectivity index (χ0n) is 15.4. The van der Waals surface area contributed by atoms with E-state index in [-0.39, 0.29) is 10.8 Å². The van der Waals surface area contributed by atoms with Crippen molar-refractivity contribution in [2.24, 2.45) is 0 Å².